The zero-order valence-corrected chi connectivity index (χ0v) is 15.0. The van der Waals surface area contributed by atoms with E-state index in [-0.39, 0.29) is 6.42 Å². The highest BCUT2D eigenvalue weighted by Gasteiger charge is 2.12. The van der Waals surface area contributed by atoms with Gasteiger partial charge in [-0.25, -0.2) is 4.98 Å². The second-order valence-electron chi connectivity index (χ2n) is 4.97. The van der Waals surface area contributed by atoms with Crippen LogP contribution in [0.5, 0.6) is 5.75 Å². The van der Waals surface area contributed by atoms with Gasteiger partial charge in [-0.1, -0.05) is 11.6 Å². The molecular weight excluding hydrogens is 368 g/mol. The predicted molar refractivity (Wildman–Crippen MR) is 94.3 cm³/mol. The van der Waals surface area contributed by atoms with E-state index in [0.717, 1.165) is 5.56 Å². The number of hydrogen-bond acceptors (Lipinski definition) is 6. The average molecular weight is 385 g/mol. The fourth-order valence-electron chi connectivity index (χ4n) is 1.91. The van der Waals surface area contributed by atoms with Crippen molar-refractivity contribution < 1.29 is 24.2 Å². The number of hydrogen-bond donors (Lipinski definition) is 2. The Kier molecular flexibility index (Phi) is 7.17. The summed E-state index contributed by atoms with van der Waals surface area (Å²) in [5.41, 5.74) is 1.29. The van der Waals surface area contributed by atoms with Crippen molar-refractivity contribution in [1.29, 1.82) is 0 Å². The van der Waals surface area contributed by atoms with E-state index in [9.17, 15) is 9.59 Å². The quantitative estimate of drug-likeness (QED) is 0.643. The standard InChI is InChI=1S/C16H17ClN2O5S/c1-23-4-5-24-11-2-3-12(13(17)7-11)16-19-10(9-25-16)6-14(20)18-8-15(21)22/h2-3,7,9H,4-6,8H2,1H3,(H,18,20)(H,21,22). The molecular formula is C16H17ClN2O5S. The lowest BCUT2D eigenvalue weighted by molar-refractivity contribution is -0.137. The summed E-state index contributed by atoms with van der Waals surface area (Å²) in [5, 5.41) is 13.8. The van der Waals surface area contributed by atoms with Crippen LogP contribution in [0.1, 0.15) is 5.69 Å². The van der Waals surface area contributed by atoms with Gasteiger partial charge >= 0.3 is 5.97 Å². The maximum absolute atomic E-state index is 11.6. The Morgan fingerprint density at radius 2 is 2.16 bits per heavy atom. The smallest absolute Gasteiger partial charge is 0.322 e. The number of nitrogens with zero attached hydrogens (tertiary/aromatic N) is 1. The zero-order chi connectivity index (χ0) is 18.2. The van der Waals surface area contributed by atoms with E-state index in [4.69, 9.17) is 26.2 Å². The fraction of sp³-hybridized carbons (Fsp3) is 0.312. The van der Waals surface area contributed by atoms with Crippen LogP contribution in [-0.4, -0.2) is 48.8 Å². The van der Waals surface area contributed by atoms with Crippen LogP contribution in [-0.2, 0) is 20.7 Å². The number of halogens is 1. The fourth-order valence-corrected chi connectivity index (χ4v) is 3.09. The molecule has 1 heterocycles. The lowest BCUT2D eigenvalue weighted by Crippen LogP contribution is -2.30. The van der Waals surface area contributed by atoms with Crippen LogP contribution in [0.2, 0.25) is 5.02 Å². The highest BCUT2D eigenvalue weighted by Crippen LogP contribution is 2.33. The molecule has 2 rings (SSSR count). The van der Waals surface area contributed by atoms with Crippen LogP contribution in [0.4, 0.5) is 0 Å². The van der Waals surface area contributed by atoms with E-state index in [1.807, 2.05) is 0 Å². The number of carboxylic acid groups (broad SMARTS) is 1. The molecule has 1 amide bonds. The van der Waals surface area contributed by atoms with E-state index in [0.29, 0.717) is 34.7 Å². The van der Waals surface area contributed by atoms with Crippen LogP contribution >= 0.6 is 22.9 Å². The first-order chi connectivity index (χ1) is 12.0. The summed E-state index contributed by atoms with van der Waals surface area (Å²) in [6.45, 7) is 0.504. The third-order valence-corrected chi connectivity index (χ3v) is 4.29. The molecule has 134 valence electrons. The molecule has 9 heteroatoms. The molecule has 7 nitrogen and oxygen atoms in total. The average Bonchev–Trinajstić information content (AvgIpc) is 3.01. The van der Waals surface area contributed by atoms with Crippen molar-refractivity contribution in [3.8, 4) is 16.3 Å². The number of ether oxygens (including phenoxy) is 2. The summed E-state index contributed by atoms with van der Waals surface area (Å²) < 4.78 is 10.4. The molecule has 1 aromatic heterocycles. The predicted octanol–water partition coefficient (Wildman–Crippen LogP) is 2.23. The number of methoxy groups -OCH3 is 1. The molecule has 0 saturated heterocycles. The van der Waals surface area contributed by atoms with Gasteiger partial charge in [0, 0.05) is 18.1 Å². The topological polar surface area (TPSA) is 97.8 Å². The molecule has 1 aromatic carbocycles. The molecule has 0 atom stereocenters. The Bertz CT molecular complexity index is 750. The van der Waals surface area contributed by atoms with Crippen molar-refractivity contribution in [2.24, 2.45) is 0 Å². The molecule has 0 radical (unpaired) electrons. The van der Waals surface area contributed by atoms with Crippen molar-refractivity contribution in [3.05, 3.63) is 34.3 Å². The van der Waals surface area contributed by atoms with Crippen molar-refractivity contribution in [1.82, 2.24) is 10.3 Å². The van der Waals surface area contributed by atoms with Gasteiger partial charge < -0.3 is 19.9 Å². The Morgan fingerprint density at radius 3 is 2.84 bits per heavy atom. The van der Waals surface area contributed by atoms with Crippen LogP contribution < -0.4 is 10.1 Å². The van der Waals surface area contributed by atoms with Gasteiger partial charge in [0.05, 0.1) is 23.7 Å². The lowest BCUT2D eigenvalue weighted by Gasteiger charge is -2.07. The zero-order valence-electron chi connectivity index (χ0n) is 13.5. The molecule has 0 fully saturated rings. The second-order valence-corrected chi connectivity index (χ2v) is 6.24. The number of carbonyl (C=O) groups is 2. The molecule has 0 aliphatic carbocycles. The van der Waals surface area contributed by atoms with Gasteiger partial charge in [0.1, 0.15) is 23.9 Å². The number of carbonyl (C=O) groups excluding carboxylic acids is 1. The summed E-state index contributed by atoms with van der Waals surface area (Å²) in [6, 6.07) is 5.29. The Labute approximate surface area is 153 Å². The van der Waals surface area contributed by atoms with Gasteiger partial charge in [-0.2, -0.15) is 0 Å². The first-order valence-corrected chi connectivity index (χ1v) is 8.60. The summed E-state index contributed by atoms with van der Waals surface area (Å²) in [5.74, 6) is -0.852. The SMILES string of the molecule is COCCOc1ccc(-c2nc(CC(=O)NCC(=O)O)cs2)c(Cl)c1. The Hall–Kier alpha value is -2.16. The minimum Gasteiger partial charge on any atom is -0.491 e. The van der Waals surface area contributed by atoms with Crippen molar-refractivity contribution >= 4 is 34.8 Å². The largest absolute Gasteiger partial charge is 0.491 e. The molecule has 0 saturated carbocycles. The van der Waals surface area contributed by atoms with Crippen molar-refractivity contribution in [3.63, 3.8) is 0 Å². The lowest BCUT2D eigenvalue weighted by atomic mass is 10.2. The molecule has 0 spiro atoms. The van der Waals surface area contributed by atoms with E-state index < -0.39 is 18.4 Å². The van der Waals surface area contributed by atoms with Crippen LogP contribution in [0.15, 0.2) is 23.6 Å². The monoisotopic (exact) mass is 384 g/mol. The summed E-state index contributed by atoms with van der Waals surface area (Å²) >= 11 is 7.64. The van der Waals surface area contributed by atoms with Gasteiger partial charge in [-0.05, 0) is 18.2 Å². The maximum Gasteiger partial charge on any atom is 0.322 e. The Balaban J connectivity index is 2.01. The highest BCUT2D eigenvalue weighted by molar-refractivity contribution is 7.13. The highest BCUT2D eigenvalue weighted by atomic mass is 35.5. The maximum atomic E-state index is 11.6. The third kappa shape index (κ3) is 6.00. The van der Waals surface area contributed by atoms with Gasteiger partial charge in [0.15, 0.2) is 0 Å². The Morgan fingerprint density at radius 1 is 1.36 bits per heavy atom. The van der Waals surface area contributed by atoms with Crippen LogP contribution in [0, 0.1) is 0 Å². The van der Waals surface area contributed by atoms with Crippen molar-refractivity contribution in [2.75, 3.05) is 26.9 Å². The van der Waals surface area contributed by atoms with Crippen LogP contribution in [0.25, 0.3) is 10.6 Å². The first-order valence-electron chi connectivity index (χ1n) is 7.34. The first kappa shape index (κ1) is 19.2. The minimum atomic E-state index is -1.09. The number of thiazole rings is 1. The van der Waals surface area contributed by atoms with Gasteiger partial charge in [-0.15, -0.1) is 11.3 Å². The van der Waals surface area contributed by atoms with Crippen molar-refractivity contribution in [2.45, 2.75) is 6.42 Å². The number of aromatic nitrogens is 1. The number of rotatable bonds is 9. The molecule has 0 aliphatic rings. The number of amides is 1. The van der Waals surface area contributed by atoms with E-state index in [1.165, 1.54) is 11.3 Å². The molecule has 0 aliphatic heterocycles. The normalized spacial score (nSPS) is 10.5. The van der Waals surface area contributed by atoms with Gasteiger partial charge in [0.2, 0.25) is 5.91 Å². The van der Waals surface area contributed by atoms with E-state index >= 15 is 0 Å². The molecule has 0 bridgehead atoms. The van der Waals surface area contributed by atoms with Gasteiger partial charge in [0.25, 0.3) is 0 Å². The molecule has 2 aromatic rings. The summed E-state index contributed by atoms with van der Waals surface area (Å²) in [7, 11) is 1.60. The van der Waals surface area contributed by atoms with Gasteiger partial charge in [-0.3, -0.25) is 9.59 Å². The summed E-state index contributed by atoms with van der Waals surface area (Å²) in [4.78, 5) is 26.4. The number of carboxylic acids is 1. The second kappa shape index (κ2) is 9.36. The molecule has 2 N–H and O–H groups in total. The molecule has 0 unspecified atom stereocenters. The molecule has 25 heavy (non-hydrogen) atoms. The summed E-state index contributed by atoms with van der Waals surface area (Å²) in [6.07, 6.45) is 0.0135. The number of benzene rings is 1. The van der Waals surface area contributed by atoms with Crippen LogP contribution in [0.3, 0.4) is 0 Å². The number of aliphatic carboxylic acids is 1. The number of nitrogens with one attached hydrogen (secondary N) is 1. The van der Waals surface area contributed by atoms with E-state index in [2.05, 4.69) is 10.3 Å². The van der Waals surface area contributed by atoms with E-state index in [1.54, 1.807) is 30.7 Å². The minimum absolute atomic E-state index is 0.0135. The third-order valence-electron chi connectivity index (χ3n) is 3.06.